The van der Waals surface area contributed by atoms with E-state index < -0.39 is 17.8 Å². The van der Waals surface area contributed by atoms with Gasteiger partial charge in [-0.15, -0.1) is 5.06 Å². The molecule has 1 aromatic rings. The highest BCUT2D eigenvalue weighted by Gasteiger charge is 2.33. The van der Waals surface area contributed by atoms with Crippen LogP contribution in [0.1, 0.15) is 23.3 Å². The molecular weight excluding hydrogens is 202 g/mol. The third-order valence-corrected chi connectivity index (χ3v) is 1.90. The summed E-state index contributed by atoms with van der Waals surface area (Å²) in [5.74, 6) is -1.82. The number of imide groups is 1. The number of nitrogens with one attached hydrogen (secondary N) is 1. The van der Waals surface area contributed by atoms with Crippen LogP contribution in [0.4, 0.5) is 0 Å². The number of carbonyl (C=O) groups excluding carboxylic acids is 3. The van der Waals surface area contributed by atoms with Gasteiger partial charge in [-0.1, -0.05) is 0 Å². The molecule has 1 N–H and O–H groups in total. The van der Waals surface area contributed by atoms with Crippen molar-refractivity contribution in [3.63, 3.8) is 0 Å². The van der Waals surface area contributed by atoms with Gasteiger partial charge in [0.1, 0.15) is 5.69 Å². The quantitative estimate of drug-likeness (QED) is 0.671. The van der Waals surface area contributed by atoms with E-state index in [9.17, 15) is 14.4 Å². The second-order valence-corrected chi connectivity index (χ2v) is 2.93. The number of amides is 2. The fraction of sp³-hybridized carbons (Fsp3) is 0.250. The van der Waals surface area contributed by atoms with Crippen molar-refractivity contribution in [2.75, 3.05) is 0 Å². The standard InChI is InChI=1S/C8H7N3O4/c12-6-1-2-7(13)11(6)15-8(14)5-3-9-4-10-5/h3-4H,1-2H2,(H,9,10). The minimum atomic E-state index is -0.809. The van der Waals surface area contributed by atoms with E-state index in [1.807, 2.05) is 0 Å². The topological polar surface area (TPSA) is 92.4 Å². The maximum atomic E-state index is 11.3. The van der Waals surface area contributed by atoms with Gasteiger partial charge in [-0.2, -0.15) is 0 Å². The second-order valence-electron chi connectivity index (χ2n) is 2.93. The molecule has 1 aliphatic heterocycles. The fourth-order valence-corrected chi connectivity index (χ4v) is 1.16. The third kappa shape index (κ3) is 1.71. The van der Waals surface area contributed by atoms with Crippen molar-refractivity contribution in [3.8, 4) is 0 Å². The molecular formula is C8H7N3O4. The lowest BCUT2D eigenvalue weighted by Gasteiger charge is -2.11. The first-order valence-electron chi connectivity index (χ1n) is 4.25. The van der Waals surface area contributed by atoms with Gasteiger partial charge in [0.05, 0.1) is 12.5 Å². The fourth-order valence-electron chi connectivity index (χ4n) is 1.16. The summed E-state index contributed by atoms with van der Waals surface area (Å²) < 4.78 is 0. The van der Waals surface area contributed by atoms with Gasteiger partial charge in [0.25, 0.3) is 11.8 Å². The van der Waals surface area contributed by atoms with Crippen molar-refractivity contribution < 1.29 is 19.2 Å². The van der Waals surface area contributed by atoms with E-state index in [0.29, 0.717) is 5.06 Å². The average Bonchev–Trinajstić information content (AvgIpc) is 2.82. The Bertz CT molecular complexity index is 396. The number of aromatic amines is 1. The second kappa shape index (κ2) is 3.52. The van der Waals surface area contributed by atoms with Crippen LogP contribution in [0.25, 0.3) is 0 Å². The van der Waals surface area contributed by atoms with Crippen molar-refractivity contribution in [2.45, 2.75) is 12.8 Å². The smallest absolute Gasteiger partial charge is 0.339 e. The molecule has 0 aliphatic carbocycles. The molecule has 2 amide bonds. The van der Waals surface area contributed by atoms with Gasteiger partial charge in [-0.3, -0.25) is 9.59 Å². The Morgan fingerprint density at radius 3 is 2.60 bits per heavy atom. The van der Waals surface area contributed by atoms with E-state index in [-0.39, 0.29) is 18.5 Å². The van der Waals surface area contributed by atoms with Crippen LogP contribution in [0.2, 0.25) is 0 Å². The highest BCUT2D eigenvalue weighted by molar-refractivity contribution is 6.02. The Hall–Kier alpha value is -2.18. The lowest BCUT2D eigenvalue weighted by atomic mass is 10.4. The molecule has 0 unspecified atom stereocenters. The van der Waals surface area contributed by atoms with Crippen LogP contribution in [0, 0.1) is 0 Å². The minimum absolute atomic E-state index is 0.0785. The van der Waals surface area contributed by atoms with Gasteiger partial charge in [-0.05, 0) is 0 Å². The summed E-state index contributed by atoms with van der Waals surface area (Å²) in [5.41, 5.74) is 0.0856. The first kappa shape index (κ1) is 9.38. The summed E-state index contributed by atoms with van der Waals surface area (Å²) in [6.45, 7) is 0. The molecule has 2 heterocycles. The molecule has 0 aromatic carbocycles. The van der Waals surface area contributed by atoms with Gasteiger partial charge < -0.3 is 9.82 Å². The number of nitrogens with zero attached hydrogens (tertiary/aromatic N) is 2. The Balaban J connectivity index is 2.06. The molecule has 2 rings (SSSR count). The van der Waals surface area contributed by atoms with E-state index in [2.05, 4.69) is 14.8 Å². The van der Waals surface area contributed by atoms with E-state index in [0.717, 1.165) is 0 Å². The van der Waals surface area contributed by atoms with Crippen LogP contribution < -0.4 is 0 Å². The molecule has 7 nitrogen and oxygen atoms in total. The van der Waals surface area contributed by atoms with E-state index in [1.165, 1.54) is 12.5 Å². The minimum Gasteiger partial charge on any atom is -0.339 e. The van der Waals surface area contributed by atoms with Gasteiger partial charge >= 0.3 is 5.97 Å². The zero-order chi connectivity index (χ0) is 10.8. The SMILES string of the molecule is O=C(ON1C(=O)CCC1=O)c1cnc[nH]1. The highest BCUT2D eigenvalue weighted by atomic mass is 16.7. The molecule has 1 aliphatic rings. The zero-order valence-electron chi connectivity index (χ0n) is 7.60. The first-order chi connectivity index (χ1) is 7.18. The van der Waals surface area contributed by atoms with E-state index in [1.54, 1.807) is 0 Å². The van der Waals surface area contributed by atoms with Crippen molar-refractivity contribution in [1.82, 2.24) is 15.0 Å². The molecule has 7 heteroatoms. The Morgan fingerprint density at radius 2 is 2.07 bits per heavy atom. The number of hydroxylamine groups is 2. The van der Waals surface area contributed by atoms with Crippen LogP contribution in [-0.2, 0) is 14.4 Å². The summed E-state index contributed by atoms with van der Waals surface area (Å²) in [6.07, 6.45) is 2.70. The lowest BCUT2D eigenvalue weighted by molar-refractivity contribution is -0.172. The van der Waals surface area contributed by atoms with Crippen LogP contribution in [-0.4, -0.2) is 32.8 Å². The van der Waals surface area contributed by atoms with Crippen LogP contribution in [0.5, 0.6) is 0 Å². The van der Waals surface area contributed by atoms with Gasteiger partial charge in [0.2, 0.25) is 0 Å². The largest absolute Gasteiger partial charge is 0.381 e. The summed E-state index contributed by atoms with van der Waals surface area (Å²) in [4.78, 5) is 44.2. The van der Waals surface area contributed by atoms with E-state index in [4.69, 9.17) is 0 Å². The molecule has 0 bridgehead atoms. The van der Waals surface area contributed by atoms with Gasteiger partial charge in [0, 0.05) is 12.8 Å². The van der Waals surface area contributed by atoms with Crippen LogP contribution in [0.3, 0.4) is 0 Å². The Kier molecular flexibility index (Phi) is 2.20. The summed E-state index contributed by atoms with van der Waals surface area (Å²) in [5, 5.41) is 0.489. The summed E-state index contributed by atoms with van der Waals surface area (Å²) in [7, 11) is 0. The Morgan fingerprint density at radius 1 is 1.40 bits per heavy atom. The number of rotatable bonds is 2. The zero-order valence-corrected chi connectivity index (χ0v) is 7.60. The average molecular weight is 209 g/mol. The van der Waals surface area contributed by atoms with E-state index >= 15 is 0 Å². The number of imidazole rings is 1. The first-order valence-corrected chi connectivity index (χ1v) is 4.25. The number of carbonyl (C=O) groups is 3. The molecule has 78 valence electrons. The lowest BCUT2D eigenvalue weighted by Crippen LogP contribution is -2.32. The highest BCUT2D eigenvalue weighted by Crippen LogP contribution is 2.13. The van der Waals surface area contributed by atoms with Crippen molar-refractivity contribution in [1.29, 1.82) is 0 Å². The monoisotopic (exact) mass is 209 g/mol. The van der Waals surface area contributed by atoms with Crippen molar-refractivity contribution >= 4 is 17.8 Å². The maximum absolute atomic E-state index is 11.3. The van der Waals surface area contributed by atoms with Crippen LogP contribution in [0.15, 0.2) is 12.5 Å². The van der Waals surface area contributed by atoms with Crippen molar-refractivity contribution in [3.05, 3.63) is 18.2 Å². The molecule has 1 aromatic heterocycles. The van der Waals surface area contributed by atoms with Crippen LogP contribution >= 0.6 is 0 Å². The molecule has 0 spiro atoms. The Labute approximate surface area is 84.0 Å². The molecule has 1 saturated heterocycles. The third-order valence-electron chi connectivity index (χ3n) is 1.90. The number of hydrogen-bond donors (Lipinski definition) is 1. The number of H-pyrrole nitrogens is 1. The van der Waals surface area contributed by atoms with Gasteiger partial charge in [0.15, 0.2) is 0 Å². The number of aromatic nitrogens is 2. The summed E-state index contributed by atoms with van der Waals surface area (Å²) in [6, 6.07) is 0. The molecule has 0 saturated carbocycles. The summed E-state index contributed by atoms with van der Waals surface area (Å²) >= 11 is 0. The predicted octanol–water partition coefficient (Wildman–Crippen LogP) is -0.370. The van der Waals surface area contributed by atoms with Crippen molar-refractivity contribution in [2.24, 2.45) is 0 Å². The number of hydrogen-bond acceptors (Lipinski definition) is 5. The maximum Gasteiger partial charge on any atom is 0.381 e. The molecule has 0 radical (unpaired) electrons. The predicted molar refractivity (Wildman–Crippen MR) is 45.1 cm³/mol. The molecule has 15 heavy (non-hydrogen) atoms. The molecule has 1 fully saturated rings. The molecule has 0 atom stereocenters. The van der Waals surface area contributed by atoms with Gasteiger partial charge in [-0.25, -0.2) is 9.78 Å². The normalized spacial score (nSPS) is 15.9.